The minimum atomic E-state index is -0.742. The lowest BCUT2D eigenvalue weighted by Crippen LogP contribution is -2.20. The SMILES string of the molecule is Cc1ccc(NC(=O)COC(=O)c2cccc(F)c2)cc1. The molecule has 0 saturated heterocycles. The fraction of sp³-hybridized carbons (Fsp3) is 0.125. The van der Waals surface area contributed by atoms with Crippen molar-refractivity contribution < 1.29 is 18.7 Å². The molecule has 5 heteroatoms. The molecule has 21 heavy (non-hydrogen) atoms. The molecule has 0 spiro atoms. The lowest BCUT2D eigenvalue weighted by molar-refractivity contribution is -0.119. The van der Waals surface area contributed by atoms with Crippen LogP contribution in [0.4, 0.5) is 10.1 Å². The van der Waals surface area contributed by atoms with Crippen LogP contribution in [0.15, 0.2) is 48.5 Å². The van der Waals surface area contributed by atoms with E-state index in [1.54, 1.807) is 12.1 Å². The highest BCUT2D eigenvalue weighted by atomic mass is 19.1. The highest BCUT2D eigenvalue weighted by Gasteiger charge is 2.10. The van der Waals surface area contributed by atoms with Crippen molar-refractivity contribution in [3.05, 3.63) is 65.5 Å². The zero-order chi connectivity index (χ0) is 15.2. The first-order valence-electron chi connectivity index (χ1n) is 6.34. The summed E-state index contributed by atoms with van der Waals surface area (Å²) in [7, 11) is 0. The molecule has 0 aliphatic carbocycles. The number of aryl methyl sites for hydroxylation is 1. The maximum Gasteiger partial charge on any atom is 0.338 e. The van der Waals surface area contributed by atoms with Crippen LogP contribution in [0.5, 0.6) is 0 Å². The molecule has 4 nitrogen and oxygen atoms in total. The molecule has 0 bridgehead atoms. The maximum absolute atomic E-state index is 13.0. The first-order chi connectivity index (χ1) is 10.0. The molecule has 0 heterocycles. The van der Waals surface area contributed by atoms with Gasteiger partial charge >= 0.3 is 5.97 Å². The quantitative estimate of drug-likeness (QED) is 0.880. The fourth-order valence-electron chi connectivity index (χ4n) is 1.66. The van der Waals surface area contributed by atoms with Crippen LogP contribution in [0.1, 0.15) is 15.9 Å². The van der Waals surface area contributed by atoms with Gasteiger partial charge in [-0.2, -0.15) is 0 Å². The molecule has 0 saturated carbocycles. The average molecular weight is 287 g/mol. The van der Waals surface area contributed by atoms with Crippen LogP contribution in [0.2, 0.25) is 0 Å². The Morgan fingerprint density at radius 3 is 2.52 bits per heavy atom. The number of nitrogens with one attached hydrogen (secondary N) is 1. The highest BCUT2D eigenvalue weighted by molar-refractivity contribution is 5.95. The second-order valence-electron chi connectivity index (χ2n) is 4.50. The van der Waals surface area contributed by atoms with E-state index >= 15 is 0 Å². The van der Waals surface area contributed by atoms with E-state index in [1.165, 1.54) is 18.2 Å². The van der Waals surface area contributed by atoms with Crippen molar-refractivity contribution in [2.24, 2.45) is 0 Å². The first-order valence-corrected chi connectivity index (χ1v) is 6.34. The molecule has 108 valence electrons. The van der Waals surface area contributed by atoms with Gasteiger partial charge in [-0.3, -0.25) is 4.79 Å². The molecule has 0 radical (unpaired) electrons. The van der Waals surface area contributed by atoms with Gasteiger partial charge in [-0.25, -0.2) is 9.18 Å². The van der Waals surface area contributed by atoms with Gasteiger partial charge < -0.3 is 10.1 Å². The number of carbonyl (C=O) groups excluding carboxylic acids is 2. The summed E-state index contributed by atoms with van der Waals surface area (Å²) < 4.78 is 17.8. The molecular weight excluding hydrogens is 273 g/mol. The van der Waals surface area contributed by atoms with E-state index in [0.29, 0.717) is 5.69 Å². The third-order valence-corrected chi connectivity index (χ3v) is 2.73. The molecule has 0 aliphatic rings. The summed E-state index contributed by atoms with van der Waals surface area (Å²) >= 11 is 0. The van der Waals surface area contributed by atoms with E-state index in [9.17, 15) is 14.0 Å². The standard InChI is InChI=1S/C16H14FNO3/c1-11-5-7-14(8-6-11)18-15(19)10-21-16(20)12-3-2-4-13(17)9-12/h2-9H,10H2,1H3,(H,18,19). The number of hydrogen-bond acceptors (Lipinski definition) is 3. The minimum absolute atomic E-state index is 0.0677. The summed E-state index contributed by atoms with van der Waals surface area (Å²) in [5, 5.41) is 2.60. The number of rotatable bonds is 4. The number of anilines is 1. The van der Waals surface area contributed by atoms with Crippen molar-refractivity contribution in [3.8, 4) is 0 Å². The monoisotopic (exact) mass is 287 g/mol. The number of halogens is 1. The van der Waals surface area contributed by atoms with Crippen LogP contribution in [0.25, 0.3) is 0 Å². The van der Waals surface area contributed by atoms with Crippen LogP contribution in [0.3, 0.4) is 0 Å². The van der Waals surface area contributed by atoms with E-state index in [2.05, 4.69) is 5.32 Å². The molecule has 0 fully saturated rings. The lowest BCUT2D eigenvalue weighted by atomic mass is 10.2. The molecule has 0 aliphatic heterocycles. The summed E-state index contributed by atoms with van der Waals surface area (Å²) in [5.41, 5.74) is 1.76. The Bertz CT molecular complexity index is 653. The van der Waals surface area contributed by atoms with E-state index in [-0.39, 0.29) is 5.56 Å². The molecule has 1 amide bonds. The van der Waals surface area contributed by atoms with Gasteiger partial charge in [-0.05, 0) is 37.3 Å². The molecule has 0 unspecified atom stereocenters. The third kappa shape index (κ3) is 4.42. The van der Waals surface area contributed by atoms with Gasteiger partial charge in [0.1, 0.15) is 5.82 Å². The van der Waals surface area contributed by atoms with Gasteiger partial charge in [0.05, 0.1) is 5.56 Å². The maximum atomic E-state index is 13.0. The summed E-state index contributed by atoms with van der Waals surface area (Å²) in [6.07, 6.45) is 0. The number of amides is 1. The van der Waals surface area contributed by atoms with E-state index in [0.717, 1.165) is 11.6 Å². The Labute approximate surface area is 121 Å². The number of hydrogen-bond donors (Lipinski definition) is 1. The number of benzene rings is 2. The van der Waals surface area contributed by atoms with Crippen LogP contribution >= 0.6 is 0 Å². The number of esters is 1. The molecule has 0 atom stereocenters. The van der Waals surface area contributed by atoms with Crippen LogP contribution in [-0.4, -0.2) is 18.5 Å². The van der Waals surface area contributed by atoms with Crippen molar-refractivity contribution in [2.75, 3.05) is 11.9 Å². The minimum Gasteiger partial charge on any atom is -0.452 e. The average Bonchev–Trinajstić information content (AvgIpc) is 2.47. The Kier molecular flexibility index (Phi) is 4.66. The zero-order valence-electron chi connectivity index (χ0n) is 11.4. The Morgan fingerprint density at radius 2 is 1.86 bits per heavy atom. The zero-order valence-corrected chi connectivity index (χ0v) is 11.4. The topological polar surface area (TPSA) is 55.4 Å². The second-order valence-corrected chi connectivity index (χ2v) is 4.50. The van der Waals surface area contributed by atoms with Crippen molar-refractivity contribution in [3.63, 3.8) is 0 Å². The van der Waals surface area contributed by atoms with Gasteiger partial charge in [0.25, 0.3) is 5.91 Å². The van der Waals surface area contributed by atoms with Gasteiger partial charge in [-0.1, -0.05) is 23.8 Å². The van der Waals surface area contributed by atoms with E-state index < -0.39 is 24.3 Å². The second kappa shape index (κ2) is 6.65. The molecule has 2 aromatic rings. The summed E-state index contributed by atoms with van der Waals surface area (Å²) in [6.45, 7) is 1.51. The number of ether oxygens (including phenoxy) is 1. The van der Waals surface area contributed by atoms with Crippen LogP contribution in [-0.2, 0) is 9.53 Å². The van der Waals surface area contributed by atoms with E-state index in [4.69, 9.17) is 4.74 Å². The number of carbonyl (C=O) groups is 2. The van der Waals surface area contributed by atoms with E-state index in [1.807, 2.05) is 19.1 Å². The van der Waals surface area contributed by atoms with Gasteiger partial charge in [0.15, 0.2) is 6.61 Å². The van der Waals surface area contributed by atoms with Crippen LogP contribution in [0, 0.1) is 12.7 Å². The Morgan fingerprint density at radius 1 is 1.14 bits per heavy atom. The van der Waals surface area contributed by atoms with Crippen molar-refractivity contribution >= 4 is 17.6 Å². The Hall–Kier alpha value is -2.69. The van der Waals surface area contributed by atoms with Gasteiger partial charge in [-0.15, -0.1) is 0 Å². The smallest absolute Gasteiger partial charge is 0.338 e. The Balaban J connectivity index is 1.86. The molecule has 2 rings (SSSR count). The summed E-state index contributed by atoms with van der Waals surface area (Å²) in [5.74, 6) is -1.73. The largest absolute Gasteiger partial charge is 0.452 e. The third-order valence-electron chi connectivity index (χ3n) is 2.73. The lowest BCUT2D eigenvalue weighted by Gasteiger charge is -2.07. The fourth-order valence-corrected chi connectivity index (χ4v) is 1.66. The van der Waals surface area contributed by atoms with Crippen molar-refractivity contribution in [1.82, 2.24) is 0 Å². The predicted molar refractivity (Wildman–Crippen MR) is 76.5 cm³/mol. The molecule has 0 aromatic heterocycles. The molecule has 2 aromatic carbocycles. The molecule has 1 N–H and O–H groups in total. The van der Waals surface area contributed by atoms with Crippen LogP contribution < -0.4 is 5.32 Å². The highest BCUT2D eigenvalue weighted by Crippen LogP contribution is 2.09. The molecular formula is C16H14FNO3. The normalized spacial score (nSPS) is 10.0. The van der Waals surface area contributed by atoms with Gasteiger partial charge in [0, 0.05) is 5.69 Å². The van der Waals surface area contributed by atoms with Crippen molar-refractivity contribution in [1.29, 1.82) is 0 Å². The predicted octanol–water partition coefficient (Wildman–Crippen LogP) is 2.93. The summed E-state index contributed by atoms with van der Waals surface area (Å²) in [4.78, 5) is 23.3. The first kappa shape index (κ1) is 14.7. The summed E-state index contributed by atoms with van der Waals surface area (Å²) in [6, 6.07) is 12.3. The van der Waals surface area contributed by atoms with Crippen molar-refractivity contribution in [2.45, 2.75) is 6.92 Å². The van der Waals surface area contributed by atoms with Gasteiger partial charge in [0.2, 0.25) is 0 Å².